The molecule has 0 bridgehead atoms. The van der Waals surface area contributed by atoms with Crippen molar-refractivity contribution in [1.29, 1.82) is 0 Å². The highest BCUT2D eigenvalue weighted by Gasteiger charge is 2.40. The minimum absolute atomic E-state index is 0.0544. The fourth-order valence-corrected chi connectivity index (χ4v) is 3.29. The van der Waals surface area contributed by atoms with Crippen LogP contribution in [0.1, 0.15) is 26.7 Å². The summed E-state index contributed by atoms with van der Waals surface area (Å²) in [5, 5.41) is 0. The first-order valence-electron chi connectivity index (χ1n) is 8.17. The van der Waals surface area contributed by atoms with Gasteiger partial charge in [-0.05, 0) is 25.9 Å². The summed E-state index contributed by atoms with van der Waals surface area (Å²) in [6.45, 7) is 7.72. The number of hydrogen-bond donors (Lipinski definition) is 1. The van der Waals surface area contributed by atoms with Crippen LogP contribution in [0.2, 0.25) is 0 Å². The molecule has 2 heterocycles. The van der Waals surface area contributed by atoms with Crippen molar-refractivity contribution in [3.63, 3.8) is 0 Å². The van der Waals surface area contributed by atoms with Crippen LogP contribution >= 0.6 is 0 Å². The fraction of sp³-hybridized carbons (Fsp3) is 0.875. The van der Waals surface area contributed by atoms with E-state index in [0.29, 0.717) is 32.6 Å². The number of piperidine rings is 1. The van der Waals surface area contributed by atoms with Crippen LogP contribution in [0.25, 0.3) is 0 Å². The molecule has 2 aliphatic heterocycles. The van der Waals surface area contributed by atoms with Gasteiger partial charge in [-0.25, -0.2) is 0 Å². The van der Waals surface area contributed by atoms with Gasteiger partial charge >= 0.3 is 0 Å². The molecule has 2 saturated heterocycles. The molecule has 2 rings (SSSR count). The van der Waals surface area contributed by atoms with E-state index in [1.807, 2.05) is 23.9 Å². The van der Waals surface area contributed by atoms with E-state index in [0.717, 1.165) is 13.0 Å². The molecule has 6 heteroatoms. The average molecular weight is 310 g/mol. The summed E-state index contributed by atoms with van der Waals surface area (Å²) in [7, 11) is 3.98. The van der Waals surface area contributed by atoms with E-state index in [2.05, 4.69) is 18.7 Å². The topological polar surface area (TPSA) is 69.9 Å². The van der Waals surface area contributed by atoms with Gasteiger partial charge in [0.25, 0.3) is 0 Å². The van der Waals surface area contributed by atoms with E-state index in [1.165, 1.54) is 0 Å². The predicted octanol–water partition coefficient (Wildman–Crippen LogP) is -0.0177. The van der Waals surface area contributed by atoms with Crippen LogP contribution < -0.4 is 5.73 Å². The van der Waals surface area contributed by atoms with Gasteiger partial charge in [0.1, 0.15) is 0 Å². The second kappa shape index (κ2) is 6.54. The smallest absolute Gasteiger partial charge is 0.228 e. The standard InChI is InChI=1S/C16H30N4O2/c1-16(2)11-20(6-5-13(16)17)15(22)12-9-14(21)19(10-12)8-7-18(3)4/h12-13H,5-11,17H2,1-4H3. The third kappa shape index (κ3) is 3.79. The number of hydrogen-bond acceptors (Lipinski definition) is 4. The maximum Gasteiger partial charge on any atom is 0.228 e. The van der Waals surface area contributed by atoms with Crippen LogP contribution in [0.4, 0.5) is 0 Å². The predicted molar refractivity (Wildman–Crippen MR) is 86.2 cm³/mol. The van der Waals surface area contributed by atoms with Crippen LogP contribution in [0.5, 0.6) is 0 Å². The Morgan fingerprint density at radius 1 is 1.41 bits per heavy atom. The van der Waals surface area contributed by atoms with E-state index in [9.17, 15) is 9.59 Å². The fourth-order valence-electron chi connectivity index (χ4n) is 3.29. The average Bonchev–Trinajstić information content (AvgIpc) is 2.80. The molecule has 0 saturated carbocycles. The zero-order chi connectivity index (χ0) is 16.5. The molecule has 126 valence electrons. The Bertz CT molecular complexity index is 436. The van der Waals surface area contributed by atoms with Gasteiger partial charge in [0.05, 0.1) is 5.92 Å². The molecule has 0 aromatic heterocycles. The molecule has 6 nitrogen and oxygen atoms in total. The number of carbonyl (C=O) groups is 2. The molecular weight excluding hydrogens is 280 g/mol. The van der Waals surface area contributed by atoms with E-state index in [1.54, 1.807) is 0 Å². The van der Waals surface area contributed by atoms with Crippen molar-refractivity contribution in [2.75, 3.05) is 46.8 Å². The SMILES string of the molecule is CN(C)CCN1CC(C(=O)N2CCC(N)C(C)(C)C2)CC1=O. The zero-order valence-corrected chi connectivity index (χ0v) is 14.3. The van der Waals surface area contributed by atoms with Gasteiger partial charge in [-0.3, -0.25) is 9.59 Å². The number of rotatable bonds is 4. The second-order valence-corrected chi connectivity index (χ2v) is 7.69. The summed E-state index contributed by atoms with van der Waals surface area (Å²) >= 11 is 0. The highest BCUT2D eigenvalue weighted by Crippen LogP contribution is 2.30. The van der Waals surface area contributed by atoms with Gasteiger partial charge in [0.15, 0.2) is 0 Å². The van der Waals surface area contributed by atoms with Crippen molar-refractivity contribution >= 4 is 11.8 Å². The minimum Gasteiger partial charge on any atom is -0.342 e. The Labute approximate surface area is 133 Å². The first-order valence-corrected chi connectivity index (χ1v) is 8.17. The Morgan fingerprint density at radius 2 is 2.09 bits per heavy atom. The number of nitrogens with zero attached hydrogens (tertiary/aromatic N) is 3. The van der Waals surface area contributed by atoms with Gasteiger partial charge in [-0.2, -0.15) is 0 Å². The molecule has 2 atom stereocenters. The van der Waals surface area contributed by atoms with Crippen LogP contribution in [-0.2, 0) is 9.59 Å². The van der Waals surface area contributed by atoms with Gasteiger partial charge in [-0.15, -0.1) is 0 Å². The zero-order valence-electron chi connectivity index (χ0n) is 14.3. The highest BCUT2D eigenvalue weighted by molar-refractivity contribution is 5.89. The van der Waals surface area contributed by atoms with Crippen LogP contribution in [0.15, 0.2) is 0 Å². The van der Waals surface area contributed by atoms with Crippen LogP contribution in [-0.4, -0.2) is 79.4 Å². The van der Waals surface area contributed by atoms with Crippen molar-refractivity contribution in [3.8, 4) is 0 Å². The van der Waals surface area contributed by atoms with Crippen molar-refractivity contribution < 1.29 is 9.59 Å². The molecule has 2 fully saturated rings. The molecule has 2 amide bonds. The third-order valence-corrected chi connectivity index (χ3v) is 5.00. The number of amides is 2. The van der Waals surface area contributed by atoms with Gasteiger partial charge < -0.3 is 20.4 Å². The number of nitrogens with two attached hydrogens (primary N) is 1. The van der Waals surface area contributed by atoms with Gasteiger partial charge in [0, 0.05) is 45.2 Å². The summed E-state index contributed by atoms with van der Waals surface area (Å²) in [6, 6.07) is 0.137. The largest absolute Gasteiger partial charge is 0.342 e. The lowest BCUT2D eigenvalue weighted by Gasteiger charge is -2.43. The van der Waals surface area contributed by atoms with Crippen molar-refractivity contribution in [3.05, 3.63) is 0 Å². The third-order valence-electron chi connectivity index (χ3n) is 5.00. The normalized spacial score (nSPS) is 28.5. The van der Waals surface area contributed by atoms with Crippen molar-refractivity contribution in [2.24, 2.45) is 17.1 Å². The Morgan fingerprint density at radius 3 is 2.68 bits per heavy atom. The summed E-state index contributed by atoms with van der Waals surface area (Å²) < 4.78 is 0. The quantitative estimate of drug-likeness (QED) is 0.792. The summed E-state index contributed by atoms with van der Waals surface area (Å²) in [5.74, 6) is 0.0497. The van der Waals surface area contributed by atoms with Crippen LogP contribution in [0.3, 0.4) is 0 Å². The number of carbonyl (C=O) groups excluding carboxylic acids is 2. The van der Waals surface area contributed by atoms with Crippen molar-refractivity contribution in [2.45, 2.75) is 32.7 Å². The highest BCUT2D eigenvalue weighted by atomic mass is 16.2. The maximum absolute atomic E-state index is 12.7. The summed E-state index contributed by atoms with van der Waals surface area (Å²) in [5.41, 5.74) is 6.08. The molecule has 2 N–H and O–H groups in total. The number of likely N-dealkylation sites (N-methyl/N-ethyl adjacent to an activating group) is 1. The van der Waals surface area contributed by atoms with Gasteiger partial charge in [0.2, 0.25) is 11.8 Å². The molecular formula is C16H30N4O2. The molecule has 2 unspecified atom stereocenters. The van der Waals surface area contributed by atoms with E-state index in [-0.39, 0.29) is 29.2 Å². The molecule has 0 aromatic rings. The van der Waals surface area contributed by atoms with E-state index in [4.69, 9.17) is 5.73 Å². The Hall–Kier alpha value is -1.14. The van der Waals surface area contributed by atoms with E-state index >= 15 is 0 Å². The van der Waals surface area contributed by atoms with E-state index < -0.39 is 0 Å². The lowest BCUT2D eigenvalue weighted by atomic mass is 9.79. The van der Waals surface area contributed by atoms with Gasteiger partial charge in [-0.1, -0.05) is 13.8 Å². The molecule has 0 aliphatic carbocycles. The first kappa shape index (κ1) is 17.2. The lowest BCUT2D eigenvalue weighted by molar-refractivity contribution is -0.139. The maximum atomic E-state index is 12.7. The molecule has 2 aliphatic rings. The number of likely N-dealkylation sites (tertiary alicyclic amines) is 2. The second-order valence-electron chi connectivity index (χ2n) is 7.69. The molecule has 0 aromatic carbocycles. The lowest BCUT2D eigenvalue weighted by Crippen LogP contribution is -2.55. The summed E-state index contributed by atoms with van der Waals surface area (Å²) in [4.78, 5) is 30.6. The van der Waals surface area contributed by atoms with Crippen LogP contribution in [0, 0.1) is 11.3 Å². The summed E-state index contributed by atoms with van der Waals surface area (Å²) in [6.07, 6.45) is 1.19. The minimum atomic E-state index is -0.181. The molecule has 22 heavy (non-hydrogen) atoms. The molecule has 0 spiro atoms. The van der Waals surface area contributed by atoms with Crippen molar-refractivity contribution in [1.82, 2.24) is 14.7 Å². The first-order chi connectivity index (χ1) is 10.2. The Kier molecular flexibility index (Phi) is 5.12. The Balaban J connectivity index is 1.92. The monoisotopic (exact) mass is 310 g/mol. The molecule has 0 radical (unpaired) electrons.